The van der Waals surface area contributed by atoms with E-state index in [0.717, 1.165) is 21.7 Å². The van der Waals surface area contributed by atoms with Crippen LogP contribution in [0, 0.1) is 19.3 Å². The average molecular weight is 584 g/mol. The lowest BCUT2D eigenvalue weighted by molar-refractivity contribution is 0.0519. The third-order valence-corrected chi connectivity index (χ3v) is 9.51. The van der Waals surface area contributed by atoms with Gasteiger partial charge in [0.15, 0.2) is 5.65 Å². The maximum absolute atomic E-state index is 13.7. The number of carbonyl (C=O) groups is 1. The smallest absolute Gasteiger partial charge is 0.407 e. The first-order valence-corrected chi connectivity index (χ1v) is 15.2. The number of nitrogens with one attached hydrogen (secondary N) is 2. The summed E-state index contributed by atoms with van der Waals surface area (Å²) >= 11 is 1.25. The zero-order chi connectivity index (χ0) is 28.8. The molecule has 1 saturated heterocycles. The van der Waals surface area contributed by atoms with E-state index in [4.69, 9.17) is 4.98 Å². The molecule has 0 aliphatic carbocycles. The molecule has 1 amide bonds. The molecule has 4 aromatic rings. The van der Waals surface area contributed by atoms with Crippen molar-refractivity contribution < 1.29 is 18.3 Å². The number of carboxylic acid groups (broad SMARTS) is 1. The first-order valence-electron chi connectivity index (χ1n) is 13.0. The first-order chi connectivity index (χ1) is 18.8. The van der Waals surface area contributed by atoms with Crippen molar-refractivity contribution in [1.29, 1.82) is 0 Å². The van der Waals surface area contributed by atoms with Gasteiger partial charge in [0.1, 0.15) is 10.8 Å². The second-order valence-electron chi connectivity index (χ2n) is 11.2. The predicted octanol–water partition coefficient (Wildman–Crippen LogP) is 5.45. The number of nitrogens with zero attached hydrogens (tertiary/aromatic N) is 5. The fraction of sp³-hybridized carbons (Fsp3) is 0.407. The zero-order valence-electron chi connectivity index (χ0n) is 23.0. The molecule has 0 radical (unpaired) electrons. The number of aryl methyl sites for hydroxylation is 2. The van der Waals surface area contributed by atoms with Gasteiger partial charge in [-0.25, -0.2) is 17.2 Å². The number of benzene rings is 1. The van der Waals surface area contributed by atoms with Crippen LogP contribution in [0.3, 0.4) is 0 Å². The van der Waals surface area contributed by atoms with Gasteiger partial charge in [-0.05, 0) is 67.9 Å². The third kappa shape index (κ3) is 5.35. The molecule has 3 aromatic heterocycles. The summed E-state index contributed by atoms with van der Waals surface area (Å²) in [6, 6.07) is 9.61. The molecule has 3 N–H and O–H groups in total. The fourth-order valence-electron chi connectivity index (χ4n) is 5.32. The van der Waals surface area contributed by atoms with Crippen molar-refractivity contribution in [2.24, 2.45) is 5.41 Å². The molecular formula is C27H33N7O4S2. The number of amides is 1. The number of hydrogen-bond acceptors (Lipinski definition) is 9. The monoisotopic (exact) mass is 583 g/mol. The summed E-state index contributed by atoms with van der Waals surface area (Å²) in [6.45, 7) is 10.3. The molecule has 5 rings (SSSR count). The van der Waals surface area contributed by atoms with Crippen molar-refractivity contribution in [1.82, 2.24) is 23.2 Å². The molecule has 0 saturated carbocycles. The van der Waals surface area contributed by atoms with E-state index in [1.165, 1.54) is 22.6 Å². The standard InChI is InChI=1S/C27H33N7O4S2/c1-16-8-10-18(11-9-16)40(37,38)34-14-12-19-23(30-25(31-24(19)34)29-21-15-17(2)32-39-21)28-20-7-6-13-33(26(35)36)22(20)27(3,4)5/h8-12,14-15,20,22H,6-7,13H2,1-5H3,(H,35,36)(H2,28,29,30,31). The van der Waals surface area contributed by atoms with Crippen LogP contribution in [-0.4, -0.2) is 61.5 Å². The van der Waals surface area contributed by atoms with Gasteiger partial charge in [0.2, 0.25) is 5.95 Å². The van der Waals surface area contributed by atoms with Gasteiger partial charge in [0.05, 0.1) is 22.0 Å². The SMILES string of the molecule is Cc1ccc(S(=O)(=O)n2ccc3c(NC4CCCN(C(=O)O)C4C(C)(C)C)nc(Nc4cc(C)ns4)nc32)cc1. The summed E-state index contributed by atoms with van der Waals surface area (Å²) in [5.74, 6) is 0.633. The second-order valence-corrected chi connectivity index (χ2v) is 13.8. The van der Waals surface area contributed by atoms with E-state index in [1.807, 2.05) is 40.7 Å². The van der Waals surface area contributed by atoms with Crippen LogP contribution in [0.25, 0.3) is 11.0 Å². The van der Waals surface area contributed by atoms with Crippen molar-refractivity contribution in [3.63, 3.8) is 0 Å². The summed E-state index contributed by atoms with van der Waals surface area (Å²) in [4.78, 5) is 23.1. The van der Waals surface area contributed by atoms with E-state index < -0.39 is 16.1 Å². The molecule has 13 heteroatoms. The Balaban J connectivity index is 1.63. The Kier molecular flexibility index (Phi) is 7.21. The number of aromatic nitrogens is 4. The van der Waals surface area contributed by atoms with Crippen LogP contribution in [0.5, 0.6) is 0 Å². The highest BCUT2D eigenvalue weighted by Crippen LogP contribution is 2.36. The Morgan fingerprint density at radius 2 is 1.85 bits per heavy atom. The van der Waals surface area contributed by atoms with E-state index in [2.05, 4.69) is 20.0 Å². The van der Waals surface area contributed by atoms with Gasteiger partial charge in [-0.2, -0.15) is 14.3 Å². The topological polar surface area (TPSA) is 142 Å². The average Bonchev–Trinajstić information content (AvgIpc) is 3.50. The summed E-state index contributed by atoms with van der Waals surface area (Å²) in [7, 11) is -3.95. The van der Waals surface area contributed by atoms with Crippen LogP contribution in [0.1, 0.15) is 44.9 Å². The molecular weight excluding hydrogens is 550 g/mol. The summed E-state index contributed by atoms with van der Waals surface area (Å²) in [5.41, 5.74) is 1.64. The maximum Gasteiger partial charge on any atom is 0.407 e. The lowest BCUT2D eigenvalue weighted by Crippen LogP contribution is -2.58. The number of likely N-dealkylation sites (tertiary alicyclic amines) is 1. The third-order valence-electron chi connectivity index (χ3n) is 7.04. The molecule has 40 heavy (non-hydrogen) atoms. The predicted molar refractivity (Wildman–Crippen MR) is 156 cm³/mol. The minimum absolute atomic E-state index is 0.147. The Morgan fingerprint density at radius 1 is 1.12 bits per heavy atom. The molecule has 1 fully saturated rings. The van der Waals surface area contributed by atoms with Crippen molar-refractivity contribution in [3.05, 3.63) is 53.9 Å². The largest absolute Gasteiger partial charge is 0.465 e. The van der Waals surface area contributed by atoms with E-state index in [9.17, 15) is 18.3 Å². The molecule has 1 aliphatic heterocycles. The molecule has 11 nitrogen and oxygen atoms in total. The zero-order valence-corrected chi connectivity index (χ0v) is 24.7. The van der Waals surface area contributed by atoms with E-state index in [0.29, 0.717) is 29.2 Å². The molecule has 2 unspecified atom stereocenters. The lowest BCUT2D eigenvalue weighted by atomic mass is 9.77. The molecule has 0 bridgehead atoms. The molecule has 212 valence electrons. The Bertz CT molecular complexity index is 1660. The van der Waals surface area contributed by atoms with Gasteiger partial charge in [0.25, 0.3) is 10.0 Å². The molecule has 2 atom stereocenters. The van der Waals surface area contributed by atoms with Gasteiger partial charge in [0, 0.05) is 18.8 Å². The van der Waals surface area contributed by atoms with Gasteiger partial charge < -0.3 is 20.6 Å². The van der Waals surface area contributed by atoms with Crippen LogP contribution in [-0.2, 0) is 10.0 Å². The quantitative estimate of drug-likeness (QED) is 0.270. The summed E-state index contributed by atoms with van der Waals surface area (Å²) in [5, 5.41) is 17.8. The number of anilines is 3. The Hall–Kier alpha value is -3.71. The molecule has 1 aliphatic rings. The van der Waals surface area contributed by atoms with Crippen molar-refractivity contribution in [3.8, 4) is 0 Å². The summed E-state index contributed by atoms with van der Waals surface area (Å²) in [6.07, 6.45) is 1.94. The number of piperidine rings is 1. The van der Waals surface area contributed by atoms with Crippen LogP contribution in [0.2, 0.25) is 0 Å². The lowest BCUT2D eigenvalue weighted by Gasteiger charge is -2.47. The minimum atomic E-state index is -3.95. The molecule has 1 aromatic carbocycles. The van der Waals surface area contributed by atoms with E-state index >= 15 is 0 Å². The first kappa shape index (κ1) is 27.8. The van der Waals surface area contributed by atoms with E-state index in [1.54, 1.807) is 30.3 Å². The summed E-state index contributed by atoms with van der Waals surface area (Å²) < 4.78 is 32.8. The van der Waals surface area contributed by atoms with Crippen molar-refractivity contribution in [2.75, 3.05) is 17.2 Å². The Labute approximate surface area is 237 Å². The van der Waals surface area contributed by atoms with Crippen LogP contribution >= 0.6 is 11.5 Å². The van der Waals surface area contributed by atoms with Gasteiger partial charge in [-0.3, -0.25) is 0 Å². The highest BCUT2D eigenvalue weighted by Gasteiger charge is 2.42. The molecule has 0 spiro atoms. The van der Waals surface area contributed by atoms with Crippen LogP contribution in [0.4, 0.5) is 21.6 Å². The molecule has 4 heterocycles. The maximum atomic E-state index is 13.7. The number of fused-ring (bicyclic) bond motifs is 1. The highest BCUT2D eigenvalue weighted by molar-refractivity contribution is 7.90. The highest BCUT2D eigenvalue weighted by atomic mass is 32.2. The van der Waals surface area contributed by atoms with E-state index in [-0.39, 0.29) is 34.0 Å². The normalized spacial score (nSPS) is 18.2. The fourth-order valence-corrected chi connectivity index (χ4v) is 7.27. The van der Waals surface area contributed by atoms with Crippen molar-refractivity contribution in [2.45, 2.75) is 64.4 Å². The second kappa shape index (κ2) is 10.4. The number of rotatable bonds is 6. The Morgan fingerprint density at radius 3 is 2.48 bits per heavy atom. The van der Waals surface area contributed by atoms with Crippen LogP contribution in [0.15, 0.2) is 47.5 Å². The van der Waals surface area contributed by atoms with Crippen molar-refractivity contribution >= 4 is 55.4 Å². The van der Waals surface area contributed by atoms with Gasteiger partial charge in [-0.1, -0.05) is 38.5 Å². The minimum Gasteiger partial charge on any atom is -0.465 e. The van der Waals surface area contributed by atoms with Gasteiger partial charge >= 0.3 is 6.09 Å². The van der Waals surface area contributed by atoms with Crippen LogP contribution < -0.4 is 10.6 Å². The van der Waals surface area contributed by atoms with Gasteiger partial charge in [-0.15, -0.1) is 0 Å². The number of hydrogen-bond donors (Lipinski definition) is 3.